The molecule has 1 saturated heterocycles. The first-order valence-electron chi connectivity index (χ1n) is 11.4. The van der Waals surface area contributed by atoms with Crippen molar-refractivity contribution in [2.45, 2.75) is 25.2 Å². The Morgan fingerprint density at radius 3 is 2.52 bits per heavy atom. The second kappa shape index (κ2) is 11.1. The number of nitrogens with zero attached hydrogens (tertiary/aromatic N) is 1. The number of amides is 2. The van der Waals surface area contributed by atoms with Crippen LogP contribution in [0.25, 0.3) is 0 Å². The average molecular weight is 463 g/mol. The smallest absolute Gasteiger partial charge is 0.227 e. The SMILES string of the molecule is COc1ccc(CCNC(=O)C2CC(c3ccccc3)CN(C(=O)Cc3cccs3)C2)cc1. The fraction of sp³-hybridized carbons (Fsp3) is 0.333. The monoisotopic (exact) mass is 462 g/mol. The molecule has 5 nitrogen and oxygen atoms in total. The molecule has 0 aliphatic carbocycles. The second-order valence-corrected chi connectivity index (χ2v) is 9.52. The van der Waals surface area contributed by atoms with Crippen LogP contribution in [0.2, 0.25) is 0 Å². The predicted molar refractivity (Wildman–Crippen MR) is 132 cm³/mol. The summed E-state index contributed by atoms with van der Waals surface area (Å²) in [4.78, 5) is 29.1. The van der Waals surface area contributed by atoms with Gasteiger partial charge in [-0.15, -0.1) is 11.3 Å². The summed E-state index contributed by atoms with van der Waals surface area (Å²) in [5.41, 5.74) is 2.33. The number of likely N-dealkylation sites (tertiary alicyclic amines) is 1. The van der Waals surface area contributed by atoms with E-state index in [1.54, 1.807) is 18.4 Å². The molecule has 0 bridgehead atoms. The molecule has 0 radical (unpaired) electrons. The molecule has 3 aromatic rings. The summed E-state index contributed by atoms with van der Waals surface area (Å²) in [6, 6.07) is 22.1. The molecule has 6 heteroatoms. The zero-order chi connectivity index (χ0) is 23.0. The van der Waals surface area contributed by atoms with Crippen LogP contribution in [0.15, 0.2) is 72.1 Å². The van der Waals surface area contributed by atoms with E-state index in [9.17, 15) is 9.59 Å². The molecule has 172 valence electrons. The molecule has 1 N–H and O–H groups in total. The molecule has 33 heavy (non-hydrogen) atoms. The van der Waals surface area contributed by atoms with Crippen LogP contribution in [-0.2, 0) is 22.4 Å². The van der Waals surface area contributed by atoms with Gasteiger partial charge in [-0.3, -0.25) is 9.59 Å². The Bertz CT molecular complexity index is 1030. The number of rotatable bonds is 8. The first kappa shape index (κ1) is 23.1. The minimum absolute atomic E-state index is 0.0260. The highest BCUT2D eigenvalue weighted by molar-refractivity contribution is 7.10. The van der Waals surface area contributed by atoms with Gasteiger partial charge in [0.05, 0.1) is 19.4 Å². The highest BCUT2D eigenvalue weighted by Crippen LogP contribution is 2.31. The Kier molecular flexibility index (Phi) is 7.79. The van der Waals surface area contributed by atoms with E-state index in [1.807, 2.05) is 64.9 Å². The fourth-order valence-electron chi connectivity index (χ4n) is 4.40. The van der Waals surface area contributed by atoms with Crippen LogP contribution < -0.4 is 10.1 Å². The fourth-order valence-corrected chi connectivity index (χ4v) is 5.10. The van der Waals surface area contributed by atoms with Gasteiger partial charge in [0.15, 0.2) is 0 Å². The number of carbonyl (C=O) groups is 2. The number of hydrogen-bond donors (Lipinski definition) is 1. The molecule has 2 atom stereocenters. The third kappa shape index (κ3) is 6.23. The molecule has 4 rings (SSSR count). The van der Waals surface area contributed by atoms with Crippen LogP contribution in [0.1, 0.15) is 28.3 Å². The van der Waals surface area contributed by atoms with Crippen molar-refractivity contribution >= 4 is 23.2 Å². The lowest BCUT2D eigenvalue weighted by Gasteiger charge is -2.37. The van der Waals surface area contributed by atoms with Gasteiger partial charge in [0.1, 0.15) is 5.75 Å². The van der Waals surface area contributed by atoms with E-state index in [4.69, 9.17) is 4.74 Å². The molecule has 2 heterocycles. The van der Waals surface area contributed by atoms with Crippen LogP contribution in [-0.4, -0.2) is 43.5 Å². The molecule has 1 fully saturated rings. The zero-order valence-corrected chi connectivity index (χ0v) is 19.7. The highest BCUT2D eigenvalue weighted by Gasteiger charge is 2.34. The van der Waals surface area contributed by atoms with Gasteiger partial charge in [0, 0.05) is 30.4 Å². The van der Waals surface area contributed by atoms with E-state index < -0.39 is 0 Å². The Morgan fingerprint density at radius 2 is 1.82 bits per heavy atom. The Balaban J connectivity index is 1.39. The summed E-state index contributed by atoms with van der Waals surface area (Å²) in [5.74, 6) is 0.883. The van der Waals surface area contributed by atoms with Gasteiger partial charge in [0.2, 0.25) is 11.8 Å². The normalized spacial score (nSPS) is 18.0. The topological polar surface area (TPSA) is 58.6 Å². The van der Waals surface area contributed by atoms with Crippen molar-refractivity contribution in [3.05, 3.63) is 88.1 Å². The van der Waals surface area contributed by atoms with Crippen LogP contribution in [0.3, 0.4) is 0 Å². The summed E-state index contributed by atoms with van der Waals surface area (Å²) in [7, 11) is 1.65. The Labute approximate surface area is 199 Å². The number of methoxy groups -OCH3 is 1. The third-order valence-corrected chi connectivity index (χ3v) is 7.10. The predicted octanol–water partition coefficient (Wildman–Crippen LogP) is 4.29. The van der Waals surface area contributed by atoms with Crippen molar-refractivity contribution in [1.82, 2.24) is 10.2 Å². The first-order valence-corrected chi connectivity index (χ1v) is 12.3. The van der Waals surface area contributed by atoms with Crippen molar-refractivity contribution in [1.29, 1.82) is 0 Å². The number of thiophene rings is 1. The maximum absolute atomic E-state index is 13.1. The van der Waals surface area contributed by atoms with Gasteiger partial charge in [-0.2, -0.15) is 0 Å². The largest absolute Gasteiger partial charge is 0.497 e. The second-order valence-electron chi connectivity index (χ2n) is 8.48. The van der Waals surface area contributed by atoms with Gasteiger partial charge < -0.3 is 15.0 Å². The van der Waals surface area contributed by atoms with Crippen LogP contribution in [0.4, 0.5) is 0 Å². The van der Waals surface area contributed by atoms with Gasteiger partial charge in [-0.1, -0.05) is 48.5 Å². The average Bonchev–Trinajstić information content (AvgIpc) is 3.37. The van der Waals surface area contributed by atoms with E-state index >= 15 is 0 Å². The highest BCUT2D eigenvalue weighted by atomic mass is 32.1. The van der Waals surface area contributed by atoms with Crippen molar-refractivity contribution in [3.63, 3.8) is 0 Å². The molecule has 0 spiro atoms. The van der Waals surface area contributed by atoms with Crippen molar-refractivity contribution in [2.75, 3.05) is 26.7 Å². The molecule has 2 amide bonds. The summed E-state index contributed by atoms with van der Waals surface area (Å²) in [6.07, 6.45) is 1.90. The lowest BCUT2D eigenvalue weighted by atomic mass is 9.84. The molecule has 2 unspecified atom stereocenters. The van der Waals surface area contributed by atoms with E-state index in [0.717, 1.165) is 29.0 Å². The number of ether oxygens (including phenoxy) is 1. The number of hydrogen-bond acceptors (Lipinski definition) is 4. The molecule has 2 aromatic carbocycles. The van der Waals surface area contributed by atoms with Crippen LogP contribution >= 0.6 is 11.3 Å². The number of nitrogens with one attached hydrogen (secondary N) is 1. The van der Waals surface area contributed by atoms with Gasteiger partial charge in [0.25, 0.3) is 0 Å². The number of benzene rings is 2. The minimum atomic E-state index is -0.216. The maximum atomic E-state index is 13.1. The van der Waals surface area contributed by atoms with Crippen LogP contribution in [0, 0.1) is 5.92 Å². The summed E-state index contributed by atoms with van der Waals surface area (Å²) in [5, 5.41) is 5.09. The van der Waals surface area contributed by atoms with E-state index in [-0.39, 0.29) is 23.7 Å². The molecule has 0 saturated carbocycles. The summed E-state index contributed by atoms with van der Waals surface area (Å²) < 4.78 is 5.20. The quantitative estimate of drug-likeness (QED) is 0.543. The Morgan fingerprint density at radius 1 is 1.03 bits per heavy atom. The summed E-state index contributed by atoms with van der Waals surface area (Å²) in [6.45, 7) is 1.70. The van der Waals surface area contributed by atoms with Crippen LogP contribution in [0.5, 0.6) is 5.75 Å². The van der Waals surface area contributed by atoms with Crippen molar-refractivity contribution in [2.24, 2.45) is 5.92 Å². The molecular formula is C27H30N2O3S. The van der Waals surface area contributed by atoms with Gasteiger partial charge in [-0.05, 0) is 47.5 Å². The van der Waals surface area contributed by atoms with Crippen molar-refractivity contribution in [3.8, 4) is 5.75 Å². The molecule has 1 aliphatic rings. The van der Waals surface area contributed by atoms with E-state index in [2.05, 4.69) is 17.4 Å². The number of piperidine rings is 1. The van der Waals surface area contributed by atoms with Gasteiger partial charge >= 0.3 is 0 Å². The molecular weight excluding hydrogens is 432 g/mol. The van der Waals surface area contributed by atoms with Gasteiger partial charge in [-0.25, -0.2) is 0 Å². The Hall–Kier alpha value is -3.12. The lowest BCUT2D eigenvalue weighted by molar-refractivity contribution is -0.135. The van der Waals surface area contributed by atoms with E-state index in [1.165, 1.54) is 5.56 Å². The first-order chi connectivity index (χ1) is 16.1. The molecule has 1 aliphatic heterocycles. The third-order valence-electron chi connectivity index (χ3n) is 6.22. The number of carbonyl (C=O) groups excluding carboxylic acids is 2. The maximum Gasteiger partial charge on any atom is 0.227 e. The van der Waals surface area contributed by atoms with E-state index in [0.29, 0.717) is 26.1 Å². The van der Waals surface area contributed by atoms with Crippen molar-refractivity contribution < 1.29 is 14.3 Å². The lowest BCUT2D eigenvalue weighted by Crippen LogP contribution is -2.48. The minimum Gasteiger partial charge on any atom is -0.497 e. The molecule has 1 aromatic heterocycles. The summed E-state index contributed by atoms with van der Waals surface area (Å²) >= 11 is 1.60. The zero-order valence-electron chi connectivity index (χ0n) is 18.9. The standard InChI is InChI=1S/C27H30N2O3S/c1-32-24-11-9-20(10-12-24)13-14-28-27(31)23-16-22(21-6-3-2-4-7-21)18-29(19-23)26(30)17-25-8-5-15-33-25/h2-12,15,22-23H,13-14,16-19H2,1H3,(H,28,31).